The predicted molar refractivity (Wildman–Crippen MR) is 89.2 cm³/mol. The van der Waals surface area contributed by atoms with Crippen LogP contribution in [-0.4, -0.2) is 20.2 Å². The third kappa shape index (κ3) is 2.76. The van der Waals surface area contributed by atoms with Crippen molar-refractivity contribution in [2.45, 2.75) is 16.1 Å². The Bertz CT molecular complexity index is 773. The fourth-order valence-electron chi connectivity index (χ4n) is 2.95. The predicted octanol–water partition coefficient (Wildman–Crippen LogP) is 3.51. The van der Waals surface area contributed by atoms with Crippen LogP contribution < -0.4 is 5.73 Å². The minimum absolute atomic E-state index is 0.0677. The second kappa shape index (κ2) is 5.85. The molecule has 0 unspecified atom stereocenters. The van der Waals surface area contributed by atoms with Gasteiger partial charge in [0.2, 0.25) is 0 Å². The third-order valence-corrected chi connectivity index (χ3v) is 6.92. The van der Waals surface area contributed by atoms with Crippen molar-refractivity contribution >= 4 is 33.0 Å². The van der Waals surface area contributed by atoms with Crippen molar-refractivity contribution in [3.63, 3.8) is 0 Å². The van der Waals surface area contributed by atoms with Crippen molar-refractivity contribution in [1.29, 1.82) is 0 Å². The van der Waals surface area contributed by atoms with E-state index >= 15 is 0 Å². The highest BCUT2D eigenvalue weighted by Crippen LogP contribution is 2.53. The summed E-state index contributed by atoms with van der Waals surface area (Å²) in [5, 5.41) is 0.657. The van der Waals surface area contributed by atoms with Gasteiger partial charge in [0.05, 0.1) is 10.1 Å². The van der Waals surface area contributed by atoms with Gasteiger partial charge in [-0.05, 0) is 54.4 Å². The molecule has 6 heteroatoms. The molecule has 0 radical (unpaired) electrons. The molecule has 2 aromatic rings. The number of halogens is 2. The van der Waals surface area contributed by atoms with Gasteiger partial charge in [0.1, 0.15) is 0 Å². The molecule has 0 aromatic heterocycles. The van der Waals surface area contributed by atoms with Crippen LogP contribution in [-0.2, 0) is 9.84 Å². The molecule has 1 fully saturated rings. The molecular weight excluding hydrogens is 341 g/mol. The topological polar surface area (TPSA) is 60.2 Å². The molecule has 2 aromatic carbocycles. The van der Waals surface area contributed by atoms with E-state index in [9.17, 15) is 8.42 Å². The summed E-state index contributed by atoms with van der Waals surface area (Å²) in [6.07, 6.45) is 0. The van der Waals surface area contributed by atoms with E-state index in [1.807, 2.05) is 12.1 Å². The molecule has 0 aliphatic heterocycles. The molecule has 1 aliphatic carbocycles. The molecule has 3 nitrogen and oxygen atoms in total. The standard InChI is InChI=1S/C16H15Cl2NO2S/c17-11-3-1-10(2-4-11)15-14(9-19)16(15)22(20,21)13-7-5-12(18)6-8-13/h1-8,14-16H,9,19H2/t14-,15+,16+/m1/s1. The molecule has 0 bridgehead atoms. The Morgan fingerprint density at radius 2 is 1.41 bits per heavy atom. The Kier molecular flexibility index (Phi) is 4.21. The van der Waals surface area contributed by atoms with Gasteiger partial charge in [0.15, 0.2) is 9.84 Å². The molecule has 116 valence electrons. The molecule has 0 saturated heterocycles. The van der Waals surface area contributed by atoms with Crippen molar-refractivity contribution in [3.05, 3.63) is 64.1 Å². The van der Waals surface area contributed by atoms with Gasteiger partial charge in [0, 0.05) is 16.0 Å². The summed E-state index contributed by atoms with van der Waals surface area (Å²) in [6.45, 7) is 0.338. The summed E-state index contributed by atoms with van der Waals surface area (Å²) in [4.78, 5) is 0.289. The molecule has 0 heterocycles. The van der Waals surface area contributed by atoms with Gasteiger partial charge >= 0.3 is 0 Å². The van der Waals surface area contributed by atoms with Crippen molar-refractivity contribution in [1.82, 2.24) is 0 Å². The van der Waals surface area contributed by atoms with E-state index < -0.39 is 15.1 Å². The summed E-state index contributed by atoms with van der Waals surface area (Å²) in [6, 6.07) is 13.5. The summed E-state index contributed by atoms with van der Waals surface area (Å²) in [7, 11) is -3.42. The largest absolute Gasteiger partial charge is 0.330 e. The van der Waals surface area contributed by atoms with Crippen LogP contribution in [0.3, 0.4) is 0 Å². The third-order valence-electron chi connectivity index (χ3n) is 4.12. The van der Waals surface area contributed by atoms with Crippen LogP contribution in [0.2, 0.25) is 10.0 Å². The Morgan fingerprint density at radius 3 is 1.91 bits per heavy atom. The molecule has 1 aliphatic rings. The van der Waals surface area contributed by atoms with Gasteiger partial charge in [-0.3, -0.25) is 0 Å². The maximum Gasteiger partial charge on any atom is 0.182 e. The highest BCUT2D eigenvalue weighted by atomic mass is 35.5. The number of sulfone groups is 1. The summed E-state index contributed by atoms with van der Waals surface area (Å²) >= 11 is 11.7. The van der Waals surface area contributed by atoms with E-state index in [2.05, 4.69) is 0 Å². The Labute approximate surface area is 140 Å². The molecule has 3 atom stereocenters. The molecule has 0 amide bonds. The van der Waals surface area contributed by atoms with Crippen LogP contribution >= 0.6 is 23.2 Å². The van der Waals surface area contributed by atoms with Gasteiger partial charge in [-0.1, -0.05) is 35.3 Å². The summed E-state index contributed by atoms with van der Waals surface area (Å²) < 4.78 is 25.6. The number of benzene rings is 2. The van der Waals surface area contributed by atoms with E-state index in [-0.39, 0.29) is 16.7 Å². The minimum Gasteiger partial charge on any atom is -0.330 e. The van der Waals surface area contributed by atoms with Gasteiger partial charge in [-0.25, -0.2) is 8.42 Å². The zero-order valence-electron chi connectivity index (χ0n) is 11.6. The zero-order chi connectivity index (χ0) is 15.9. The zero-order valence-corrected chi connectivity index (χ0v) is 13.9. The lowest BCUT2D eigenvalue weighted by atomic mass is 10.1. The van der Waals surface area contributed by atoms with E-state index in [1.54, 1.807) is 36.4 Å². The smallest absolute Gasteiger partial charge is 0.182 e. The molecule has 3 rings (SSSR count). The average molecular weight is 356 g/mol. The molecule has 1 saturated carbocycles. The lowest BCUT2D eigenvalue weighted by Gasteiger charge is -2.04. The Morgan fingerprint density at radius 1 is 0.909 bits per heavy atom. The van der Waals surface area contributed by atoms with Crippen LogP contribution in [0.5, 0.6) is 0 Å². The molecule has 2 N–H and O–H groups in total. The van der Waals surface area contributed by atoms with Crippen molar-refractivity contribution in [2.75, 3.05) is 6.54 Å². The fourth-order valence-corrected chi connectivity index (χ4v) is 5.43. The quantitative estimate of drug-likeness (QED) is 0.912. The first-order valence-corrected chi connectivity index (χ1v) is 9.20. The first-order valence-electron chi connectivity index (χ1n) is 6.90. The Balaban J connectivity index is 1.93. The molecular formula is C16H15Cl2NO2S. The monoisotopic (exact) mass is 355 g/mol. The van der Waals surface area contributed by atoms with Crippen LogP contribution in [0.4, 0.5) is 0 Å². The maximum absolute atomic E-state index is 12.8. The van der Waals surface area contributed by atoms with Crippen LogP contribution in [0, 0.1) is 5.92 Å². The molecule has 0 spiro atoms. The van der Waals surface area contributed by atoms with Crippen molar-refractivity contribution in [3.8, 4) is 0 Å². The van der Waals surface area contributed by atoms with E-state index in [0.717, 1.165) is 5.56 Å². The van der Waals surface area contributed by atoms with Gasteiger partial charge in [-0.2, -0.15) is 0 Å². The van der Waals surface area contributed by atoms with Crippen molar-refractivity contribution in [2.24, 2.45) is 11.7 Å². The SMILES string of the molecule is NC[C@@H]1[C@H](c2ccc(Cl)cc2)[C@H]1S(=O)(=O)c1ccc(Cl)cc1. The van der Waals surface area contributed by atoms with Crippen LogP contribution in [0.25, 0.3) is 0 Å². The highest BCUT2D eigenvalue weighted by Gasteiger charge is 2.57. The number of hydrogen-bond acceptors (Lipinski definition) is 3. The lowest BCUT2D eigenvalue weighted by Crippen LogP contribution is -2.13. The number of nitrogens with two attached hydrogens (primary N) is 1. The highest BCUT2D eigenvalue weighted by molar-refractivity contribution is 7.92. The van der Waals surface area contributed by atoms with Crippen LogP contribution in [0.1, 0.15) is 11.5 Å². The first-order chi connectivity index (χ1) is 10.4. The lowest BCUT2D eigenvalue weighted by molar-refractivity contribution is 0.591. The second-order valence-corrected chi connectivity index (χ2v) is 8.42. The van der Waals surface area contributed by atoms with E-state index in [4.69, 9.17) is 28.9 Å². The number of rotatable bonds is 4. The summed E-state index contributed by atoms with van der Waals surface area (Å²) in [5.74, 6) is -0.148. The summed E-state index contributed by atoms with van der Waals surface area (Å²) in [5.41, 5.74) is 6.73. The van der Waals surface area contributed by atoms with E-state index in [0.29, 0.717) is 16.6 Å². The second-order valence-electron chi connectivity index (χ2n) is 5.44. The molecule has 22 heavy (non-hydrogen) atoms. The number of hydrogen-bond donors (Lipinski definition) is 1. The van der Waals surface area contributed by atoms with E-state index in [1.165, 1.54) is 0 Å². The van der Waals surface area contributed by atoms with Gasteiger partial charge < -0.3 is 5.73 Å². The van der Waals surface area contributed by atoms with Gasteiger partial charge in [0.25, 0.3) is 0 Å². The maximum atomic E-state index is 12.8. The fraction of sp³-hybridized carbons (Fsp3) is 0.250. The first kappa shape index (κ1) is 15.8. The normalized spacial score (nSPS) is 24.2. The average Bonchev–Trinajstić information content (AvgIpc) is 3.24. The Hall–Kier alpha value is -1.07. The van der Waals surface area contributed by atoms with Gasteiger partial charge in [-0.15, -0.1) is 0 Å². The minimum atomic E-state index is -3.42. The van der Waals surface area contributed by atoms with Crippen molar-refractivity contribution < 1.29 is 8.42 Å². The van der Waals surface area contributed by atoms with Crippen LogP contribution in [0.15, 0.2) is 53.4 Å².